The van der Waals surface area contributed by atoms with Crippen LogP contribution in [0.5, 0.6) is 11.5 Å². The lowest BCUT2D eigenvalue weighted by atomic mass is 9.73. The molecule has 0 saturated heterocycles. The lowest BCUT2D eigenvalue weighted by molar-refractivity contribution is -0.138. The van der Waals surface area contributed by atoms with Gasteiger partial charge in [-0.05, 0) is 80.5 Å². The number of ether oxygens (including phenoxy) is 3. The zero-order valence-electron chi connectivity index (χ0n) is 30.5. The summed E-state index contributed by atoms with van der Waals surface area (Å²) >= 11 is 1.27. The highest BCUT2D eigenvalue weighted by atomic mass is 32.2. The van der Waals surface area contributed by atoms with Crippen molar-refractivity contribution in [2.24, 2.45) is 5.41 Å². The van der Waals surface area contributed by atoms with Crippen LogP contribution in [0.4, 0.5) is 8.78 Å². The van der Waals surface area contributed by atoms with Gasteiger partial charge in [0.1, 0.15) is 17.4 Å². The molecule has 0 aliphatic carbocycles. The van der Waals surface area contributed by atoms with Crippen molar-refractivity contribution in [3.8, 4) is 22.9 Å². The van der Waals surface area contributed by atoms with E-state index in [-0.39, 0.29) is 36.0 Å². The Morgan fingerprint density at radius 3 is 2.60 bits per heavy atom. The average Bonchev–Trinajstić information content (AvgIpc) is 3.81. The molecule has 2 N–H and O–H groups in total. The van der Waals surface area contributed by atoms with Crippen molar-refractivity contribution in [2.75, 3.05) is 13.2 Å². The van der Waals surface area contributed by atoms with E-state index in [1.54, 1.807) is 32.3 Å². The molecular formula is C42H43F2N3O5S. The van der Waals surface area contributed by atoms with Crippen molar-refractivity contribution in [1.82, 2.24) is 15.0 Å². The number of hydrogen-bond acceptors (Lipinski definition) is 7. The van der Waals surface area contributed by atoms with E-state index >= 15 is 8.78 Å². The van der Waals surface area contributed by atoms with Gasteiger partial charge in [0.2, 0.25) is 0 Å². The van der Waals surface area contributed by atoms with Gasteiger partial charge >= 0.3 is 11.9 Å². The molecule has 3 aromatic carbocycles. The van der Waals surface area contributed by atoms with Crippen LogP contribution in [0.25, 0.3) is 28.4 Å². The van der Waals surface area contributed by atoms with Gasteiger partial charge in [-0.2, -0.15) is 0 Å². The first kappa shape index (κ1) is 37.6. The van der Waals surface area contributed by atoms with Gasteiger partial charge in [-0.3, -0.25) is 0 Å². The third-order valence-corrected chi connectivity index (χ3v) is 10.6. The molecule has 1 unspecified atom stereocenters. The number of allylic oxidation sites excluding steroid dienone is 1. The van der Waals surface area contributed by atoms with E-state index in [0.29, 0.717) is 34.7 Å². The van der Waals surface area contributed by atoms with Gasteiger partial charge in [0.25, 0.3) is 0 Å². The third-order valence-electron chi connectivity index (χ3n) is 9.54. The number of carbonyl (C=O) groups is 2. The number of nitrogens with zero attached hydrogens (tertiary/aromatic N) is 1. The van der Waals surface area contributed by atoms with Gasteiger partial charge in [-0.25, -0.2) is 23.4 Å². The van der Waals surface area contributed by atoms with Crippen LogP contribution in [0.1, 0.15) is 76.3 Å². The van der Waals surface area contributed by atoms with Crippen molar-refractivity contribution in [1.29, 1.82) is 0 Å². The molecular weight excluding hydrogens is 697 g/mol. The fraction of sp³-hybridized carbons (Fsp3) is 0.310. The summed E-state index contributed by atoms with van der Waals surface area (Å²) in [5.74, 6) is -1.30. The smallest absolute Gasteiger partial charge is 0.344 e. The molecule has 0 radical (unpaired) electrons. The first-order chi connectivity index (χ1) is 25.4. The Morgan fingerprint density at radius 2 is 1.81 bits per heavy atom. The minimum absolute atomic E-state index is 0.0182. The number of H-pyrrole nitrogens is 2. The fourth-order valence-corrected chi connectivity index (χ4v) is 7.86. The maximum absolute atomic E-state index is 15.8. The molecule has 8 nitrogen and oxygen atoms in total. The Labute approximate surface area is 312 Å². The standard InChI is InChI=1S/C42H43F2N3O5S/c1-6-50-37(48)15-12-26-10-8-11-27(20-26)42(5)18-9-17-41(3,4)23-35(40(49)51-7-2)53-25-31-29-16-19-45-34(29)22-33(44)38(31)52-28-13-14-32(43)30(21-28)39-46-24-36(42)47-39/h8,10-16,19-24,45H,6-7,9,17-18,25H2,1-5H3,(H,46,47)/b15-12+,35-23+. The Hall–Kier alpha value is -5.16. The fourth-order valence-electron chi connectivity index (χ4n) is 6.69. The molecule has 5 aromatic rings. The maximum atomic E-state index is 15.8. The van der Waals surface area contributed by atoms with E-state index < -0.39 is 34.4 Å². The molecule has 4 bridgehead atoms. The van der Waals surface area contributed by atoms with Gasteiger partial charge in [0, 0.05) is 57.9 Å². The number of imidazole rings is 1. The van der Waals surface area contributed by atoms with E-state index in [0.717, 1.165) is 28.6 Å². The van der Waals surface area contributed by atoms with Gasteiger partial charge < -0.3 is 24.2 Å². The summed E-state index contributed by atoms with van der Waals surface area (Å²) in [4.78, 5) is 37.0. The molecule has 0 spiro atoms. The molecule has 276 valence electrons. The highest BCUT2D eigenvalue weighted by Gasteiger charge is 2.33. The summed E-state index contributed by atoms with van der Waals surface area (Å²) in [5, 5.41) is 0.739. The van der Waals surface area contributed by atoms with Crippen LogP contribution >= 0.6 is 11.8 Å². The molecule has 0 saturated carbocycles. The van der Waals surface area contributed by atoms with Crippen LogP contribution in [0.15, 0.2) is 84.0 Å². The average molecular weight is 740 g/mol. The Balaban J connectivity index is 1.48. The second-order valence-electron chi connectivity index (χ2n) is 13.9. The van der Waals surface area contributed by atoms with Gasteiger partial charge in [0.15, 0.2) is 11.6 Å². The number of rotatable bonds is 6. The van der Waals surface area contributed by atoms with E-state index in [2.05, 4.69) is 35.7 Å². The zero-order valence-corrected chi connectivity index (χ0v) is 31.3. The largest absolute Gasteiger partial charge is 0.463 e. The van der Waals surface area contributed by atoms with Gasteiger partial charge in [-0.15, -0.1) is 11.8 Å². The molecule has 0 amide bonds. The van der Waals surface area contributed by atoms with Crippen LogP contribution in [0, 0.1) is 17.0 Å². The lowest BCUT2D eigenvalue weighted by Crippen LogP contribution is -2.25. The molecule has 1 aliphatic rings. The number of nitrogens with one attached hydrogen (secondary N) is 2. The lowest BCUT2D eigenvalue weighted by Gasteiger charge is -2.31. The number of aromatic nitrogens is 3. The number of carbonyl (C=O) groups excluding carboxylic acids is 2. The van der Waals surface area contributed by atoms with Crippen LogP contribution < -0.4 is 4.74 Å². The van der Waals surface area contributed by atoms with E-state index in [9.17, 15) is 9.59 Å². The maximum Gasteiger partial charge on any atom is 0.344 e. The normalized spacial score (nSPS) is 18.7. The molecule has 0 fully saturated rings. The van der Waals surface area contributed by atoms with Crippen LogP contribution in [-0.2, 0) is 30.2 Å². The van der Waals surface area contributed by atoms with Crippen LogP contribution in [0.3, 0.4) is 0 Å². The Kier molecular flexibility index (Phi) is 11.2. The number of esters is 2. The molecule has 1 atom stereocenters. The number of thioether (sulfide) groups is 1. The Morgan fingerprint density at radius 1 is 1.00 bits per heavy atom. The topological polar surface area (TPSA) is 106 Å². The predicted octanol–water partition coefficient (Wildman–Crippen LogP) is 10.4. The quantitative estimate of drug-likeness (QED) is 0.132. The number of aromatic amines is 2. The molecule has 3 heterocycles. The third kappa shape index (κ3) is 8.41. The summed E-state index contributed by atoms with van der Waals surface area (Å²) in [6.07, 6.45) is 10.6. The first-order valence-corrected chi connectivity index (χ1v) is 18.7. The zero-order chi connectivity index (χ0) is 37.8. The van der Waals surface area contributed by atoms with E-state index in [1.807, 2.05) is 36.4 Å². The number of hydrogen-bond donors (Lipinski definition) is 2. The molecule has 53 heavy (non-hydrogen) atoms. The van der Waals surface area contributed by atoms with Crippen molar-refractivity contribution >= 4 is 40.7 Å². The highest BCUT2D eigenvalue weighted by Crippen LogP contribution is 2.43. The summed E-state index contributed by atoms with van der Waals surface area (Å²) in [5.41, 5.74) is 2.76. The second-order valence-corrected chi connectivity index (χ2v) is 14.9. The SMILES string of the molecule is CCOC(=O)/C=C/c1cccc(C2(C)CCCC(C)(C)/C=C(\C(=O)OCC)SCc3c(c(F)cc4[nH]ccc34)Oc3ccc(F)c(c3)-c3ncc2[nH]3)c1. The summed E-state index contributed by atoms with van der Waals surface area (Å²) < 4.78 is 48.2. The minimum Gasteiger partial charge on any atom is -0.463 e. The molecule has 2 aromatic heterocycles. The van der Waals surface area contributed by atoms with Crippen molar-refractivity contribution in [3.63, 3.8) is 0 Å². The monoisotopic (exact) mass is 739 g/mol. The summed E-state index contributed by atoms with van der Waals surface area (Å²) in [6, 6.07) is 15.3. The first-order valence-electron chi connectivity index (χ1n) is 17.7. The van der Waals surface area contributed by atoms with Crippen molar-refractivity contribution in [2.45, 2.75) is 65.0 Å². The molecule has 11 heteroatoms. The van der Waals surface area contributed by atoms with Crippen LogP contribution in [0.2, 0.25) is 0 Å². The molecule has 1 aliphatic heterocycles. The van der Waals surface area contributed by atoms with E-state index in [4.69, 9.17) is 14.2 Å². The summed E-state index contributed by atoms with van der Waals surface area (Å²) in [7, 11) is 0. The molecule has 6 rings (SSSR count). The number of benzene rings is 3. The van der Waals surface area contributed by atoms with Crippen molar-refractivity contribution < 1.29 is 32.6 Å². The predicted molar refractivity (Wildman–Crippen MR) is 205 cm³/mol. The van der Waals surface area contributed by atoms with Gasteiger partial charge in [0.05, 0.1) is 23.7 Å². The Bertz CT molecular complexity index is 2200. The number of fused-ring (bicyclic) bond motifs is 8. The number of halogens is 2. The van der Waals surface area contributed by atoms with E-state index in [1.165, 1.54) is 42.1 Å². The minimum atomic E-state index is -0.627. The highest BCUT2D eigenvalue weighted by molar-refractivity contribution is 8.03. The summed E-state index contributed by atoms with van der Waals surface area (Å²) in [6.45, 7) is 10.3. The second kappa shape index (κ2) is 15.8. The van der Waals surface area contributed by atoms with Crippen molar-refractivity contribution in [3.05, 3.63) is 118 Å². The van der Waals surface area contributed by atoms with Crippen LogP contribution in [-0.4, -0.2) is 40.1 Å². The van der Waals surface area contributed by atoms with Gasteiger partial charge in [-0.1, -0.05) is 50.6 Å².